The maximum atomic E-state index is 11.6. The third-order valence-corrected chi connectivity index (χ3v) is 7.24. The fourth-order valence-electron chi connectivity index (χ4n) is 5.24. The van der Waals surface area contributed by atoms with E-state index in [2.05, 4.69) is 21.3 Å². The van der Waals surface area contributed by atoms with Crippen LogP contribution in [-0.2, 0) is 0 Å². The lowest BCUT2D eigenvalue weighted by Gasteiger charge is -2.28. The van der Waals surface area contributed by atoms with Gasteiger partial charge in [0.05, 0.1) is 42.1 Å². The van der Waals surface area contributed by atoms with Crippen molar-refractivity contribution in [2.75, 3.05) is 18.6 Å². The van der Waals surface area contributed by atoms with Crippen LogP contribution in [0.2, 0.25) is 0 Å². The first-order chi connectivity index (χ1) is 18.8. The van der Waals surface area contributed by atoms with E-state index in [9.17, 15) is 10.1 Å². The van der Waals surface area contributed by atoms with Crippen LogP contribution in [0.5, 0.6) is 11.5 Å². The standard InChI is InChI=1S/C29H29N5O4S/c1-5-38-22-12-9-20(10-13-22)33-28(27(31-29(33)39)24-8-6-7-15-30-24)23-16-18(2)32(19(23)3)25-17-21(34(35)36)11-14-26(25)37-4/h6-17,27-28H,5H2,1-4H3,(H,31,39). The van der Waals surface area contributed by atoms with Crippen molar-refractivity contribution in [1.82, 2.24) is 14.9 Å². The largest absolute Gasteiger partial charge is 0.495 e. The molecule has 0 radical (unpaired) electrons. The molecule has 39 heavy (non-hydrogen) atoms. The summed E-state index contributed by atoms with van der Waals surface area (Å²) in [6, 6.07) is 19.9. The highest BCUT2D eigenvalue weighted by Gasteiger charge is 2.42. The van der Waals surface area contributed by atoms with Gasteiger partial charge in [0.15, 0.2) is 5.11 Å². The van der Waals surface area contributed by atoms with Crippen molar-refractivity contribution in [3.8, 4) is 17.2 Å². The van der Waals surface area contributed by atoms with Gasteiger partial charge in [-0.05, 0) is 87.1 Å². The molecule has 2 aromatic heterocycles. The number of ether oxygens (including phenoxy) is 2. The molecule has 1 aliphatic heterocycles. The smallest absolute Gasteiger partial charge is 0.271 e. The number of non-ortho nitro benzene ring substituents is 1. The molecule has 2 aromatic carbocycles. The summed E-state index contributed by atoms with van der Waals surface area (Å²) in [5, 5.41) is 15.7. The van der Waals surface area contributed by atoms with Crippen molar-refractivity contribution in [1.29, 1.82) is 0 Å². The number of anilines is 1. The van der Waals surface area contributed by atoms with E-state index in [4.69, 9.17) is 21.7 Å². The number of thiocarbonyl (C=S) groups is 1. The molecule has 1 N–H and O–H groups in total. The fraction of sp³-hybridized carbons (Fsp3) is 0.241. The molecule has 5 rings (SSSR count). The maximum absolute atomic E-state index is 11.6. The van der Waals surface area contributed by atoms with Gasteiger partial charge in [-0.3, -0.25) is 15.1 Å². The highest BCUT2D eigenvalue weighted by molar-refractivity contribution is 7.80. The highest BCUT2D eigenvalue weighted by atomic mass is 32.1. The molecule has 4 aromatic rings. The molecular weight excluding hydrogens is 514 g/mol. The summed E-state index contributed by atoms with van der Waals surface area (Å²) in [4.78, 5) is 17.9. The van der Waals surface area contributed by atoms with Crippen molar-refractivity contribution in [2.45, 2.75) is 32.9 Å². The third kappa shape index (κ3) is 4.79. The second kappa shape index (κ2) is 10.7. The number of nitrogens with one attached hydrogen (secondary N) is 1. The molecule has 0 bridgehead atoms. The zero-order chi connectivity index (χ0) is 27.7. The molecule has 0 amide bonds. The Morgan fingerprint density at radius 1 is 1.10 bits per heavy atom. The van der Waals surface area contributed by atoms with Gasteiger partial charge >= 0.3 is 0 Å². The summed E-state index contributed by atoms with van der Waals surface area (Å²) in [6.45, 7) is 6.52. The van der Waals surface area contributed by atoms with Gasteiger partial charge in [-0.25, -0.2) is 0 Å². The molecule has 0 spiro atoms. The van der Waals surface area contributed by atoms with E-state index in [1.54, 1.807) is 25.4 Å². The molecule has 2 atom stereocenters. The number of nitro groups is 1. The monoisotopic (exact) mass is 543 g/mol. The SMILES string of the molecule is CCOc1ccc(N2C(=S)NC(c3ccccn3)C2c2cc(C)n(-c3cc([N+](=O)[O-])ccc3OC)c2C)cc1. The second-order valence-corrected chi connectivity index (χ2v) is 9.59. The number of nitro benzene ring substituents is 1. The zero-order valence-corrected chi connectivity index (χ0v) is 22.9. The van der Waals surface area contributed by atoms with Gasteiger partial charge in [0.25, 0.3) is 5.69 Å². The van der Waals surface area contributed by atoms with E-state index in [0.29, 0.717) is 23.2 Å². The normalized spacial score (nSPS) is 16.7. The van der Waals surface area contributed by atoms with Gasteiger partial charge in [0.2, 0.25) is 0 Å². The van der Waals surface area contributed by atoms with Crippen molar-refractivity contribution >= 4 is 28.7 Å². The Hall–Kier alpha value is -4.44. The topological polar surface area (TPSA) is 94.7 Å². The van der Waals surface area contributed by atoms with Gasteiger partial charge in [-0.15, -0.1) is 0 Å². The molecular formula is C29H29N5O4S. The van der Waals surface area contributed by atoms with E-state index in [-0.39, 0.29) is 17.8 Å². The van der Waals surface area contributed by atoms with E-state index in [0.717, 1.165) is 34.1 Å². The van der Waals surface area contributed by atoms with Crippen molar-refractivity contribution in [3.05, 3.63) is 106 Å². The molecule has 10 heteroatoms. The van der Waals surface area contributed by atoms with E-state index in [1.807, 2.05) is 67.8 Å². The summed E-state index contributed by atoms with van der Waals surface area (Å²) >= 11 is 5.88. The Bertz CT molecular complexity index is 1520. The van der Waals surface area contributed by atoms with Gasteiger partial charge in [0, 0.05) is 35.4 Å². The average molecular weight is 544 g/mol. The zero-order valence-electron chi connectivity index (χ0n) is 22.1. The van der Waals surface area contributed by atoms with Crippen LogP contribution in [-0.4, -0.2) is 33.3 Å². The summed E-state index contributed by atoms with van der Waals surface area (Å²) in [5.74, 6) is 1.33. The minimum absolute atomic E-state index is 0.00839. The number of hydrogen-bond acceptors (Lipinski definition) is 6. The number of hydrogen-bond donors (Lipinski definition) is 1. The molecule has 1 fully saturated rings. The number of aryl methyl sites for hydroxylation is 1. The van der Waals surface area contributed by atoms with Crippen molar-refractivity contribution in [3.63, 3.8) is 0 Å². The molecule has 200 valence electrons. The van der Waals surface area contributed by atoms with Crippen LogP contribution in [0.1, 0.15) is 41.7 Å². The Balaban J connectivity index is 1.67. The Kier molecular flexibility index (Phi) is 7.21. The molecule has 0 aliphatic carbocycles. The first-order valence-electron chi connectivity index (χ1n) is 12.6. The molecule has 2 unspecified atom stereocenters. The summed E-state index contributed by atoms with van der Waals surface area (Å²) in [6.07, 6.45) is 1.77. The van der Waals surface area contributed by atoms with Gasteiger partial charge < -0.3 is 24.3 Å². The number of benzene rings is 2. The number of aromatic nitrogens is 2. The number of nitrogens with zero attached hydrogens (tertiary/aromatic N) is 4. The second-order valence-electron chi connectivity index (χ2n) is 9.20. The first-order valence-corrected chi connectivity index (χ1v) is 13.0. The van der Waals surface area contributed by atoms with E-state index >= 15 is 0 Å². The summed E-state index contributed by atoms with van der Waals surface area (Å²) < 4.78 is 13.2. The number of pyridine rings is 1. The van der Waals surface area contributed by atoms with E-state index in [1.165, 1.54) is 6.07 Å². The van der Waals surface area contributed by atoms with Crippen LogP contribution in [0.25, 0.3) is 5.69 Å². The molecule has 0 saturated carbocycles. The van der Waals surface area contributed by atoms with Gasteiger partial charge in [-0.2, -0.15) is 0 Å². The minimum Gasteiger partial charge on any atom is -0.495 e. The number of methoxy groups -OCH3 is 1. The predicted octanol–water partition coefficient (Wildman–Crippen LogP) is 5.98. The van der Waals surface area contributed by atoms with Gasteiger partial charge in [0.1, 0.15) is 11.5 Å². The van der Waals surface area contributed by atoms with Gasteiger partial charge in [-0.1, -0.05) is 6.07 Å². The minimum atomic E-state index is -0.401. The molecule has 1 saturated heterocycles. The number of rotatable bonds is 8. The third-order valence-electron chi connectivity index (χ3n) is 6.93. The quantitative estimate of drug-likeness (QED) is 0.165. The molecule has 3 heterocycles. The lowest BCUT2D eigenvalue weighted by atomic mass is 9.96. The lowest BCUT2D eigenvalue weighted by molar-refractivity contribution is -0.384. The van der Waals surface area contributed by atoms with Crippen molar-refractivity contribution in [2.24, 2.45) is 0 Å². The van der Waals surface area contributed by atoms with E-state index < -0.39 is 4.92 Å². The lowest BCUT2D eigenvalue weighted by Crippen LogP contribution is -2.29. The summed E-state index contributed by atoms with van der Waals surface area (Å²) in [7, 11) is 1.56. The van der Waals surface area contributed by atoms with Crippen LogP contribution >= 0.6 is 12.2 Å². The Morgan fingerprint density at radius 3 is 2.51 bits per heavy atom. The summed E-state index contributed by atoms with van der Waals surface area (Å²) in [5.41, 5.74) is 5.20. The fourth-order valence-corrected chi connectivity index (χ4v) is 5.59. The van der Waals surface area contributed by atoms with Crippen LogP contribution in [0, 0.1) is 24.0 Å². The Morgan fingerprint density at radius 2 is 1.87 bits per heavy atom. The van der Waals surface area contributed by atoms with Crippen LogP contribution in [0.15, 0.2) is 72.9 Å². The highest BCUT2D eigenvalue weighted by Crippen LogP contribution is 2.44. The Labute approximate surface area is 232 Å². The maximum Gasteiger partial charge on any atom is 0.271 e. The average Bonchev–Trinajstić information content (AvgIpc) is 3.44. The van der Waals surface area contributed by atoms with Crippen molar-refractivity contribution < 1.29 is 14.4 Å². The van der Waals surface area contributed by atoms with Crippen LogP contribution in [0.3, 0.4) is 0 Å². The molecule has 1 aliphatic rings. The molecule has 9 nitrogen and oxygen atoms in total. The first kappa shape index (κ1) is 26.2. The van der Waals surface area contributed by atoms with Crippen LogP contribution < -0.4 is 19.7 Å². The predicted molar refractivity (Wildman–Crippen MR) is 154 cm³/mol. The van der Waals surface area contributed by atoms with Crippen LogP contribution in [0.4, 0.5) is 11.4 Å².